The Morgan fingerprint density at radius 2 is 1.75 bits per heavy atom. The zero-order valence-corrected chi connectivity index (χ0v) is 26.4. The minimum atomic E-state index is -1.35. The van der Waals surface area contributed by atoms with E-state index in [1.165, 1.54) is 6.07 Å². The average Bonchev–Trinajstić information content (AvgIpc) is 3.43. The number of benzene rings is 3. The molecule has 5 rings (SSSR count). The zero-order valence-electron chi connectivity index (χ0n) is 24.9. The highest BCUT2D eigenvalue weighted by atomic mass is 35.5. The van der Waals surface area contributed by atoms with Crippen LogP contribution in [0, 0.1) is 11.2 Å². The standard InChI is InChI=1S/C33H35Cl2FN4O4/c1-5-44-26(41)17-37-19-10-12-20(13-11-19)38-30(42)29-27(21-7-6-8-23(35)28(21)36)33(25(40-29)16-32(2,3)4)22-14-9-18(34)15-24(22)39-31(33)43/h6-15,25,27,29,37,40H,5,16-17H2,1-4H3,(H,38,42)(H,39,43)/t25-,27-,29-,33+/m0/s1. The molecule has 1 fully saturated rings. The number of anilines is 3. The highest BCUT2D eigenvalue weighted by Crippen LogP contribution is 2.57. The molecule has 0 unspecified atom stereocenters. The summed E-state index contributed by atoms with van der Waals surface area (Å²) in [4.78, 5) is 40.1. The van der Waals surface area contributed by atoms with Gasteiger partial charge in [0.15, 0.2) is 0 Å². The highest BCUT2D eigenvalue weighted by Gasteiger charge is 2.66. The van der Waals surface area contributed by atoms with Gasteiger partial charge < -0.3 is 26.0 Å². The van der Waals surface area contributed by atoms with Crippen LogP contribution in [0.4, 0.5) is 21.5 Å². The van der Waals surface area contributed by atoms with Gasteiger partial charge in [0.05, 0.1) is 17.7 Å². The fraction of sp³-hybridized carbons (Fsp3) is 0.364. The van der Waals surface area contributed by atoms with Crippen molar-refractivity contribution in [1.29, 1.82) is 0 Å². The van der Waals surface area contributed by atoms with Crippen LogP contribution in [0.5, 0.6) is 0 Å². The van der Waals surface area contributed by atoms with Crippen LogP contribution in [-0.4, -0.2) is 43.0 Å². The van der Waals surface area contributed by atoms with Crippen molar-refractivity contribution in [3.8, 4) is 0 Å². The lowest BCUT2D eigenvalue weighted by Crippen LogP contribution is -2.49. The monoisotopic (exact) mass is 640 g/mol. The maximum absolute atomic E-state index is 15.9. The van der Waals surface area contributed by atoms with E-state index in [0.29, 0.717) is 40.7 Å². The molecule has 0 radical (unpaired) electrons. The summed E-state index contributed by atoms with van der Waals surface area (Å²) in [6.45, 7) is 8.19. The Labute approximate surface area is 266 Å². The molecule has 2 heterocycles. The van der Waals surface area contributed by atoms with Crippen molar-refractivity contribution >= 4 is 58.0 Å². The first kappa shape index (κ1) is 31.8. The van der Waals surface area contributed by atoms with E-state index in [-0.39, 0.29) is 34.4 Å². The maximum Gasteiger partial charge on any atom is 0.325 e. The van der Waals surface area contributed by atoms with Gasteiger partial charge in [-0.05, 0) is 72.4 Å². The summed E-state index contributed by atoms with van der Waals surface area (Å²) in [5, 5.41) is 12.7. The van der Waals surface area contributed by atoms with E-state index in [1.807, 2.05) is 0 Å². The summed E-state index contributed by atoms with van der Waals surface area (Å²) in [6.07, 6.45) is 0.506. The van der Waals surface area contributed by atoms with Gasteiger partial charge in [0.25, 0.3) is 0 Å². The molecule has 0 aromatic heterocycles. The second-order valence-corrected chi connectivity index (χ2v) is 13.2. The molecule has 4 N–H and O–H groups in total. The fourth-order valence-electron chi connectivity index (χ4n) is 6.43. The molecule has 0 aliphatic carbocycles. The van der Waals surface area contributed by atoms with Crippen LogP contribution in [-0.2, 0) is 24.5 Å². The van der Waals surface area contributed by atoms with E-state index >= 15 is 4.39 Å². The molecule has 3 aromatic rings. The van der Waals surface area contributed by atoms with E-state index in [9.17, 15) is 14.4 Å². The number of amides is 2. The molecule has 1 spiro atoms. The van der Waals surface area contributed by atoms with Gasteiger partial charge in [0.1, 0.15) is 17.8 Å². The van der Waals surface area contributed by atoms with E-state index < -0.39 is 35.1 Å². The van der Waals surface area contributed by atoms with Crippen molar-refractivity contribution in [3.63, 3.8) is 0 Å². The Bertz CT molecular complexity index is 1590. The number of rotatable bonds is 8. The Morgan fingerprint density at radius 1 is 1.05 bits per heavy atom. The quantitative estimate of drug-likeness (QED) is 0.209. The molecule has 2 aliphatic rings. The molecule has 2 amide bonds. The van der Waals surface area contributed by atoms with Gasteiger partial charge >= 0.3 is 5.97 Å². The Balaban J connectivity index is 1.55. The minimum absolute atomic E-state index is 0.00438. The molecule has 0 bridgehead atoms. The van der Waals surface area contributed by atoms with Gasteiger partial charge in [0, 0.05) is 34.0 Å². The lowest BCUT2D eigenvalue weighted by Gasteiger charge is -2.37. The van der Waals surface area contributed by atoms with Crippen LogP contribution in [0.25, 0.3) is 0 Å². The molecular formula is C33H35Cl2FN4O4. The number of halogens is 3. The first-order valence-electron chi connectivity index (χ1n) is 14.5. The Hall–Kier alpha value is -3.66. The Morgan fingerprint density at radius 3 is 2.43 bits per heavy atom. The van der Waals surface area contributed by atoms with Gasteiger partial charge in [-0.25, -0.2) is 4.39 Å². The normalized spacial score (nSPS) is 22.4. The van der Waals surface area contributed by atoms with Gasteiger partial charge in [-0.1, -0.05) is 62.2 Å². The molecule has 1 saturated heterocycles. The van der Waals surface area contributed by atoms with E-state index in [1.54, 1.807) is 61.5 Å². The minimum Gasteiger partial charge on any atom is -0.465 e. The van der Waals surface area contributed by atoms with E-state index in [2.05, 4.69) is 42.0 Å². The SMILES string of the molecule is CCOC(=O)CNc1ccc(NC(=O)[C@H]2N[C@@H](CC(C)(C)C)[C@@]3(C(=O)Nc4cc(Cl)ccc43)[C@H]2c2cccc(Cl)c2F)cc1. The van der Waals surface area contributed by atoms with Crippen LogP contribution in [0.15, 0.2) is 60.7 Å². The number of hydrogen-bond acceptors (Lipinski definition) is 6. The lowest BCUT2D eigenvalue weighted by atomic mass is 9.62. The third-order valence-corrected chi connectivity index (χ3v) is 8.64. The van der Waals surface area contributed by atoms with Crippen LogP contribution in [0.2, 0.25) is 10.0 Å². The summed E-state index contributed by atoms with van der Waals surface area (Å²) in [5.41, 5.74) is 0.888. The van der Waals surface area contributed by atoms with Gasteiger partial charge in [-0.15, -0.1) is 0 Å². The van der Waals surface area contributed by atoms with Crippen molar-refractivity contribution < 1.29 is 23.5 Å². The summed E-state index contributed by atoms with van der Waals surface area (Å²) >= 11 is 12.6. The van der Waals surface area contributed by atoms with Crippen molar-refractivity contribution in [2.75, 3.05) is 29.1 Å². The second-order valence-electron chi connectivity index (χ2n) is 12.3. The number of carbonyl (C=O) groups excluding carboxylic acids is 3. The summed E-state index contributed by atoms with van der Waals surface area (Å²) < 4.78 is 20.9. The predicted octanol–water partition coefficient (Wildman–Crippen LogP) is 6.50. The van der Waals surface area contributed by atoms with Crippen LogP contribution in [0.3, 0.4) is 0 Å². The largest absolute Gasteiger partial charge is 0.465 e. The van der Waals surface area contributed by atoms with E-state index in [4.69, 9.17) is 27.9 Å². The van der Waals surface area contributed by atoms with E-state index in [0.717, 1.165) is 0 Å². The van der Waals surface area contributed by atoms with Crippen LogP contribution < -0.4 is 21.3 Å². The number of hydrogen-bond donors (Lipinski definition) is 4. The zero-order chi connectivity index (χ0) is 31.8. The van der Waals surface area contributed by atoms with Crippen LogP contribution >= 0.6 is 23.2 Å². The second kappa shape index (κ2) is 12.4. The van der Waals surface area contributed by atoms with Crippen molar-refractivity contribution in [3.05, 3.63) is 87.7 Å². The van der Waals surface area contributed by atoms with Crippen molar-refractivity contribution in [2.45, 2.75) is 57.5 Å². The summed E-state index contributed by atoms with van der Waals surface area (Å²) in [5.74, 6) is -2.79. The molecule has 232 valence electrons. The Kier molecular flexibility index (Phi) is 8.94. The fourth-order valence-corrected chi connectivity index (χ4v) is 6.78. The van der Waals surface area contributed by atoms with Gasteiger partial charge in [0.2, 0.25) is 11.8 Å². The number of nitrogens with one attached hydrogen (secondary N) is 4. The molecule has 2 aliphatic heterocycles. The average molecular weight is 642 g/mol. The number of carbonyl (C=O) groups is 3. The third-order valence-electron chi connectivity index (χ3n) is 8.12. The molecule has 4 atom stereocenters. The van der Waals surface area contributed by atoms with Gasteiger partial charge in [-0.2, -0.15) is 0 Å². The topological polar surface area (TPSA) is 109 Å². The molecular weight excluding hydrogens is 606 g/mol. The van der Waals surface area contributed by atoms with Crippen molar-refractivity contribution in [2.24, 2.45) is 5.41 Å². The molecule has 0 saturated carbocycles. The molecule has 11 heteroatoms. The maximum atomic E-state index is 15.9. The lowest BCUT2D eigenvalue weighted by molar-refractivity contribution is -0.141. The summed E-state index contributed by atoms with van der Waals surface area (Å²) in [7, 11) is 0. The first-order valence-corrected chi connectivity index (χ1v) is 15.2. The number of esters is 1. The molecule has 3 aromatic carbocycles. The molecule has 44 heavy (non-hydrogen) atoms. The van der Waals surface area contributed by atoms with Crippen LogP contribution in [0.1, 0.15) is 51.2 Å². The van der Waals surface area contributed by atoms with Crippen molar-refractivity contribution in [1.82, 2.24) is 5.32 Å². The number of ether oxygens (including phenoxy) is 1. The van der Waals surface area contributed by atoms with Gasteiger partial charge in [-0.3, -0.25) is 14.4 Å². The predicted molar refractivity (Wildman–Crippen MR) is 171 cm³/mol. The highest BCUT2D eigenvalue weighted by molar-refractivity contribution is 6.31. The summed E-state index contributed by atoms with van der Waals surface area (Å²) in [6, 6.07) is 15.1. The smallest absolute Gasteiger partial charge is 0.325 e. The first-order chi connectivity index (χ1) is 20.8. The number of fused-ring (bicyclic) bond motifs is 2. The molecule has 8 nitrogen and oxygen atoms in total. The third kappa shape index (κ3) is 6.01.